The van der Waals surface area contributed by atoms with E-state index in [1.807, 2.05) is 17.5 Å². The van der Waals surface area contributed by atoms with E-state index >= 15 is 0 Å². The van der Waals surface area contributed by atoms with Gasteiger partial charge in [-0.3, -0.25) is 14.5 Å². The third-order valence-electron chi connectivity index (χ3n) is 6.16. The van der Waals surface area contributed by atoms with Gasteiger partial charge in [-0.2, -0.15) is 0 Å². The first-order valence-corrected chi connectivity index (χ1v) is 11.6. The molecule has 3 heterocycles. The van der Waals surface area contributed by atoms with Gasteiger partial charge in [0.15, 0.2) is 0 Å². The SMILES string of the molecule is CCCCN1C(=O)C(c2cccs2)=C(N2CCN(c3cccc(C)c3C)CC2)C1=O. The molecule has 1 aromatic carbocycles. The maximum Gasteiger partial charge on any atom is 0.277 e. The fourth-order valence-electron chi connectivity index (χ4n) is 4.27. The maximum absolute atomic E-state index is 13.3. The average molecular weight is 424 g/mol. The molecule has 5 nitrogen and oxygen atoms in total. The molecular weight excluding hydrogens is 394 g/mol. The Morgan fingerprint density at radius 3 is 2.33 bits per heavy atom. The van der Waals surface area contributed by atoms with Crippen molar-refractivity contribution in [1.29, 1.82) is 0 Å². The Labute approximate surface area is 182 Å². The van der Waals surface area contributed by atoms with Crippen LogP contribution in [-0.2, 0) is 9.59 Å². The quantitative estimate of drug-likeness (QED) is 0.657. The number of aryl methyl sites for hydroxylation is 1. The van der Waals surface area contributed by atoms with Crippen LogP contribution >= 0.6 is 11.3 Å². The van der Waals surface area contributed by atoms with Crippen LogP contribution in [0.3, 0.4) is 0 Å². The molecule has 0 aliphatic carbocycles. The van der Waals surface area contributed by atoms with Crippen molar-refractivity contribution in [2.24, 2.45) is 0 Å². The number of carbonyl (C=O) groups excluding carboxylic acids is 2. The lowest BCUT2D eigenvalue weighted by atomic mass is 10.1. The molecule has 2 aromatic rings. The standard InChI is InChI=1S/C24H29N3O2S/c1-4-5-11-27-23(28)21(20-10-7-16-30-20)22(24(27)29)26-14-12-25(13-15-26)19-9-6-8-17(2)18(19)3/h6-10,16H,4-5,11-15H2,1-3H3. The Kier molecular flexibility index (Phi) is 5.95. The molecule has 1 fully saturated rings. The van der Waals surface area contributed by atoms with Crippen molar-refractivity contribution < 1.29 is 9.59 Å². The largest absolute Gasteiger partial charge is 0.368 e. The van der Waals surface area contributed by atoms with Crippen molar-refractivity contribution in [3.63, 3.8) is 0 Å². The summed E-state index contributed by atoms with van der Waals surface area (Å²) < 4.78 is 0. The van der Waals surface area contributed by atoms with E-state index in [1.165, 1.54) is 33.1 Å². The molecule has 4 rings (SSSR count). The van der Waals surface area contributed by atoms with Crippen molar-refractivity contribution in [2.75, 3.05) is 37.6 Å². The molecule has 0 bridgehead atoms. The number of amides is 2. The van der Waals surface area contributed by atoms with Crippen LogP contribution in [0, 0.1) is 13.8 Å². The Morgan fingerprint density at radius 1 is 0.933 bits per heavy atom. The summed E-state index contributed by atoms with van der Waals surface area (Å²) in [4.78, 5) is 33.3. The number of piperazine rings is 1. The first-order chi connectivity index (χ1) is 14.5. The zero-order valence-corrected chi connectivity index (χ0v) is 18.8. The summed E-state index contributed by atoms with van der Waals surface area (Å²) >= 11 is 1.53. The highest BCUT2D eigenvalue weighted by molar-refractivity contribution is 7.11. The number of rotatable bonds is 6. The van der Waals surface area contributed by atoms with E-state index in [0.29, 0.717) is 17.8 Å². The Hall–Kier alpha value is -2.60. The van der Waals surface area contributed by atoms with Gasteiger partial charge in [-0.25, -0.2) is 0 Å². The topological polar surface area (TPSA) is 43.9 Å². The third kappa shape index (κ3) is 3.65. The number of unbranched alkanes of at least 4 members (excludes halogenated alkanes) is 1. The summed E-state index contributed by atoms with van der Waals surface area (Å²) in [5, 5.41) is 1.96. The molecule has 30 heavy (non-hydrogen) atoms. The predicted molar refractivity (Wildman–Crippen MR) is 123 cm³/mol. The first-order valence-electron chi connectivity index (χ1n) is 10.7. The smallest absolute Gasteiger partial charge is 0.277 e. The Bertz CT molecular complexity index is 972. The molecule has 1 saturated heterocycles. The molecule has 0 N–H and O–H groups in total. The molecule has 0 spiro atoms. The van der Waals surface area contributed by atoms with Crippen molar-refractivity contribution in [3.8, 4) is 0 Å². The molecule has 158 valence electrons. The third-order valence-corrected chi connectivity index (χ3v) is 7.05. The number of imide groups is 1. The molecule has 0 saturated carbocycles. The summed E-state index contributed by atoms with van der Waals surface area (Å²) in [5.41, 5.74) is 5.05. The lowest BCUT2D eigenvalue weighted by Gasteiger charge is -2.38. The zero-order valence-electron chi connectivity index (χ0n) is 18.0. The van der Waals surface area contributed by atoms with Gasteiger partial charge in [0, 0.05) is 43.3 Å². The van der Waals surface area contributed by atoms with Gasteiger partial charge in [-0.1, -0.05) is 31.5 Å². The normalized spacial score (nSPS) is 17.5. The van der Waals surface area contributed by atoms with E-state index < -0.39 is 0 Å². The zero-order chi connectivity index (χ0) is 21.3. The van der Waals surface area contributed by atoms with Gasteiger partial charge in [-0.15, -0.1) is 11.3 Å². The van der Waals surface area contributed by atoms with E-state index in [2.05, 4.69) is 48.8 Å². The molecule has 0 unspecified atom stereocenters. The molecule has 2 aliphatic rings. The molecule has 1 aromatic heterocycles. The summed E-state index contributed by atoms with van der Waals surface area (Å²) in [5.74, 6) is -0.264. The van der Waals surface area contributed by atoms with Crippen molar-refractivity contribution in [3.05, 3.63) is 57.4 Å². The average Bonchev–Trinajstić information content (AvgIpc) is 3.35. The van der Waals surface area contributed by atoms with Crippen LogP contribution in [0.15, 0.2) is 41.4 Å². The lowest BCUT2D eigenvalue weighted by Crippen LogP contribution is -2.48. The second kappa shape index (κ2) is 8.64. The lowest BCUT2D eigenvalue weighted by molar-refractivity contribution is -0.137. The predicted octanol–water partition coefficient (Wildman–Crippen LogP) is 4.07. The van der Waals surface area contributed by atoms with Gasteiger partial charge >= 0.3 is 0 Å². The number of thiophene rings is 1. The minimum atomic E-state index is -0.136. The van der Waals surface area contributed by atoms with Crippen LogP contribution in [-0.4, -0.2) is 54.3 Å². The van der Waals surface area contributed by atoms with E-state index in [0.717, 1.165) is 43.9 Å². The minimum Gasteiger partial charge on any atom is -0.368 e. The summed E-state index contributed by atoms with van der Waals surface area (Å²) in [7, 11) is 0. The number of carbonyl (C=O) groups is 2. The van der Waals surface area contributed by atoms with Crippen LogP contribution < -0.4 is 4.90 Å². The highest BCUT2D eigenvalue weighted by atomic mass is 32.1. The molecule has 0 atom stereocenters. The second-order valence-corrected chi connectivity index (χ2v) is 8.96. The highest BCUT2D eigenvalue weighted by Crippen LogP contribution is 2.35. The number of benzene rings is 1. The van der Waals surface area contributed by atoms with Gasteiger partial charge < -0.3 is 9.80 Å². The van der Waals surface area contributed by atoms with Gasteiger partial charge in [0.25, 0.3) is 11.8 Å². The number of hydrogen-bond donors (Lipinski definition) is 0. The molecule has 2 aliphatic heterocycles. The van der Waals surface area contributed by atoms with Gasteiger partial charge in [0.05, 0.1) is 5.57 Å². The fourth-order valence-corrected chi connectivity index (χ4v) is 5.03. The van der Waals surface area contributed by atoms with Crippen molar-refractivity contribution >= 4 is 34.4 Å². The molecule has 6 heteroatoms. The van der Waals surface area contributed by atoms with Crippen molar-refractivity contribution in [2.45, 2.75) is 33.6 Å². The van der Waals surface area contributed by atoms with Crippen LogP contribution in [0.25, 0.3) is 5.57 Å². The van der Waals surface area contributed by atoms with Crippen LogP contribution in [0.5, 0.6) is 0 Å². The van der Waals surface area contributed by atoms with Gasteiger partial charge in [0.1, 0.15) is 5.70 Å². The number of nitrogens with zero attached hydrogens (tertiary/aromatic N) is 3. The van der Waals surface area contributed by atoms with E-state index in [9.17, 15) is 9.59 Å². The van der Waals surface area contributed by atoms with Crippen LogP contribution in [0.2, 0.25) is 0 Å². The minimum absolute atomic E-state index is 0.128. The summed E-state index contributed by atoms with van der Waals surface area (Å²) in [6, 6.07) is 10.3. The fraction of sp³-hybridized carbons (Fsp3) is 0.417. The molecule has 0 radical (unpaired) electrons. The number of anilines is 1. The summed E-state index contributed by atoms with van der Waals surface area (Å²) in [6.07, 6.45) is 1.79. The second-order valence-electron chi connectivity index (χ2n) is 8.01. The van der Waals surface area contributed by atoms with E-state index in [1.54, 1.807) is 0 Å². The van der Waals surface area contributed by atoms with Crippen molar-refractivity contribution in [1.82, 2.24) is 9.80 Å². The van der Waals surface area contributed by atoms with Gasteiger partial charge in [0.2, 0.25) is 0 Å². The number of hydrogen-bond acceptors (Lipinski definition) is 5. The first kappa shape index (κ1) is 20.7. The van der Waals surface area contributed by atoms with Crippen LogP contribution in [0.1, 0.15) is 35.8 Å². The Morgan fingerprint density at radius 2 is 1.67 bits per heavy atom. The van der Waals surface area contributed by atoms with Gasteiger partial charge in [-0.05, 0) is 48.9 Å². The van der Waals surface area contributed by atoms with E-state index in [-0.39, 0.29) is 11.8 Å². The Balaban J connectivity index is 1.59. The molecule has 2 amide bonds. The highest BCUT2D eigenvalue weighted by Gasteiger charge is 2.42. The molecular formula is C24H29N3O2S. The monoisotopic (exact) mass is 423 g/mol. The summed E-state index contributed by atoms with van der Waals surface area (Å²) in [6.45, 7) is 10.0. The van der Waals surface area contributed by atoms with E-state index in [4.69, 9.17) is 0 Å². The van der Waals surface area contributed by atoms with Crippen LogP contribution in [0.4, 0.5) is 5.69 Å². The maximum atomic E-state index is 13.3.